The summed E-state index contributed by atoms with van der Waals surface area (Å²) >= 11 is 0. The summed E-state index contributed by atoms with van der Waals surface area (Å²) in [5.41, 5.74) is 10.4. The molecule has 3 aromatic carbocycles. The molecule has 6 heterocycles. The summed E-state index contributed by atoms with van der Waals surface area (Å²) in [6.45, 7) is 10.5. The fourth-order valence-electron chi connectivity index (χ4n) is 8.88. The van der Waals surface area contributed by atoms with Crippen molar-refractivity contribution >= 4 is 57.6 Å². The summed E-state index contributed by atoms with van der Waals surface area (Å²) in [7, 11) is 1.91. The van der Waals surface area contributed by atoms with Crippen molar-refractivity contribution in [2.24, 2.45) is 13.0 Å². The molecule has 9 rings (SSSR count). The molecule has 3 amide bonds. The molecular weight excluding hydrogens is 719 g/mol. The fourth-order valence-corrected chi connectivity index (χ4v) is 8.88. The van der Waals surface area contributed by atoms with Crippen LogP contribution in [0.4, 0.5) is 28.8 Å². The molecule has 0 saturated carbocycles. The van der Waals surface area contributed by atoms with Gasteiger partial charge in [-0.1, -0.05) is 24.3 Å². The highest BCUT2D eigenvalue weighted by Crippen LogP contribution is 2.32. The van der Waals surface area contributed by atoms with Gasteiger partial charge in [0.25, 0.3) is 5.91 Å². The lowest BCUT2D eigenvalue weighted by atomic mass is 9.94. The normalized spacial score (nSPS) is 19.1. The van der Waals surface area contributed by atoms with Crippen LogP contribution < -0.4 is 21.3 Å². The van der Waals surface area contributed by atoms with Gasteiger partial charge in [0.15, 0.2) is 11.5 Å². The second kappa shape index (κ2) is 15.2. The Hall–Kier alpha value is -5.86. The molecule has 0 radical (unpaired) electrons. The predicted octanol–water partition coefficient (Wildman–Crippen LogP) is 5.37. The zero-order valence-corrected chi connectivity index (χ0v) is 32.8. The lowest BCUT2D eigenvalue weighted by Gasteiger charge is -2.36. The molecule has 1 unspecified atom stereocenters. The number of aryl methyl sites for hydroxylation is 3. The molecule has 2 aromatic heterocycles. The first kappa shape index (κ1) is 36.8. The summed E-state index contributed by atoms with van der Waals surface area (Å²) in [4.78, 5) is 53.3. The highest BCUT2D eigenvalue weighted by molar-refractivity contribution is 6.05. The van der Waals surface area contributed by atoms with Gasteiger partial charge in [0.2, 0.25) is 17.8 Å². The number of fused-ring (bicyclic) bond motifs is 3. The zero-order chi connectivity index (χ0) is 39.2. The van der Waals surface area contributed by atoms with E-state index in [2.05, 4.69) is 86.3 Å². The van der Waals surface area contributed by atoms with Crippen LogP contribution in [0.3, 0.4) is 0 Å². The van der Waals surface area contributed by atoms with E-state index in [0.717, 1.165) is 109 Å². The van der Waals surface area contributed by atoms with E-state index in [9.17, 15) is 14.4 Å². The van der Waals surface area contributed by atoms with Crippen LogP contribution in [0.2, 0.25) is 0 Å². The van der Waals surface area contributed by atoms with Crippen LogP contribution in [0.25, 0.3) is 11.0 Å². The van der Waals surface area contributed by atoms with Gasteiger partial charge in [0, 0.05) is 81.6 Å². The summed E-state index contributed by atoms with van der Waals surface area (Å²) in [5, 5.41) is 18.5. The number of amides is 3. The van der Waals surface area contributed by atoms with E-state index in [1.807, 2.05) is 31.4 Å². The molecule has 14 nitrogen and oxygen atoms in total. The summed E-state index contributed by atoms with van der Waals surface area (Å²) in [5.74, 6) is 1.13. The number of hydrogen-bond acceptors (Lipinski definition) is 11. The van der Waals surface area contributed by atoms with E-state index in [1.165, 1.54) is 11.1 Å². The van der Waals surface area contributed by atoms with Gasteiger partial charge in [-0.25, -0.2) is 9.67 Å². The molecule has 2 fully saturated rings. The van der Waals surface area contributed by atoms with Crippen LogP contribution in [-0.4, -0.2) is 91.1 Å². The van der Waals surface area contributed by atoms with Crippen LogP contribution >= 0.6 is 0 Å². The Morgan fingerprint density at radius 2 is 1.61 bits per heavy atom. The maximum Gasteiger partial charge on any atom is 0.255 e. The maximum absolute atomic E-state index is 13.1. The molecule has 0 spiro atoms. The van der Waals surface area contributed by atoms with E-state index < -0.39 is 6.04 Å². The minimum Gasteiger partial charge on any atom is -0.372 e. The van der Waals surface area contributed by atoms with Gasteiger partial charge in [0.1, 0.15) is 6.04 Å². The summed E-state index contributed by atoms with van der Waals surface area (Å²) in [6, 6.07) is 18.1. The SMILES string of the molecule is Cc1cccc(C)c1Nc1nn(C)c2nc(Nc3ccc4c(c3)CN(CC3CCN(CNc5ccc6c(c5)CN(C5CCC(=O)NC5=O)C6=O)CC3)CC4)ncc12. The van der Waals surface area contributed by atoms with E-state index in [1.54, 1.807) is 9.58 Å². The number of nitrogens with zero attached hydrogens (tertiary/aromatic N) is 7. The van der Waals surface area contributed by atoms with E-state index in [0.29, 0.717) is 30.4 Å². The van der Waals surface area contributed by atoms with Gasteiger partial charge < -0.3 is 20.9 Å². The number of anilines is 5. The molecular formula is C43H49N11O3. The number of likely N-dealkylation sites (tertiary alicyclic amines) is 1. The smallest absolute Gasteiger partial charge is 0.255 e. The van der Waals surface area contributed by atoms with Crippen molar-refractivity contribution in [2.45, 2.75) is 65.1 Å². The lowest BCUT2D eigenvalue weighted by molar-refractivity contribution is -0.136. The number of para-hydroxylation sites is 1. The van der Waals surface area contributed by atoms with Gasteiger partial charge in [-0.2, -0.15) is 10.1 Å². The molecule has 0 bridgehead atoms. The lowest BCUT2D eigenvalue weighted by Crippen LogP contribution is -2.52. The van der Waals surface area contributed by atoms with Crippen molar-refractivity contribution in [2.75, 3.05) is 48.8 Å². The molecule has 4 aliphatic heterocycles. The Kier molecular flexibility index (Phi) is 9.83. The third kappa shape index (κ3) is 7.54. The first-order valence-corrected chi connectivity index (χ1v) is 20.0. The van der Waals surface area contributed by atoms with Crippen molar-refractivity contribution in [1.82, 2.24) is 39.8 Å². The molecule has 294 valence electrons. The third-order valence-electron chi connectivity index (χ3n) is 12.1. The van der Waals surface area contributed by atoms with E-state index in [4.69, 9.17) is 10.1 Å². The molecule has 4 N–H and O–H groups in total. The van der Waals surface area contributed by atoms with E-state index in [-0.39, 0.29) is 24.1 Å². The first-order chi connectivity index (χ1) is 27.6. The van der Waals surface area contributed by atoms with Gasteiger partial charge in [-0.05, 0) is 104 Å². The minimum absolute atomic E-state index is 0.146. The van der Waals surface area contributed by atoms with Crippen LogP contribution in [-0.2, 0) is 36.1 Å². The molecule has 0 aliphatic carbocycles. The van der Waals surface area contributed by atoms with Crippen LogP contribution in [0.1, 0.15) is 63.9 Å². The maximum atomic E-state index is 13.1. The third-order valence-corrected chi connectivity index (χ3v) is 12.1. The molecule has 14 heteroatoms. The Morgan fingerprint density at radius 3 is 2.42 bits per heavy atom. The minimum atomic E-state index is -0.601. The highest BCUT2D eigenvalue weighted by Gasteiger charge is 2.39. The Morgan fingerprint density at radius 1 is 0.825 bits per heavy atom. The second-order valence-corrected chi connectivity index (χ2v) is 16.1. The van der Waals surface area contributed by atoms with Crippen molar-refractivity contribution in [1.29, 1.82) is 0 Å². The van der Waals surface area contributed by atoms with Gasteiger partial charge in [-0.3, -0.25) is 29.5 Å². The van der Waals surface area contributed by atoms with Crippen LogP contribution in [0.15, 0.2) is 60.8 Å². The average Bonchev–Trinajstić information content (AvgIpc) is 3.69. The number of carbonyl (C=O) groups is 3. The topological polar surface area (TPSA) is 153 Å². The molecule has 5 aromatic rings. The van der Waals surface area contributed by atoms with E-state index >= 15 is 0 Å². The van der Waals surface area contributed by atoms with Crippen molar-refractivity contribution in [3.05, 3.63) is 94.2 Å². The average molecular weight is 768 g/mol. The quantitative estimate of drug-likeness (QED) is 0.136. The van der Waals surface area contributed by atoms with Crippen molar-refractivity contribution in [3.8, 4) is 0 Å². The summed E-state index contributed by atoms with van der Waals surface area (Å²) in [6.07, 6.45) is 5.81. The number of benzene rings is 3. The first-order valence-electron chi connectivity index (χ1n) is 20.0. The van der Waals surface area contributed by atoms with Crippen molar-refractivity contribution < 1.29 is 14.4 Å². The predicted molar refractivity (Wildman–Crippen MR) is 219 cm³/mol. The van der Waals surface area contributed by atoms with Crippen LogP contribution in [0, 0.1) is 19.8 Å². The molecule has 4 aliphatic rings. The number of rotatable bonds is 10. The Bertz CT molecular complexity index is 2360. The number of imide groups is 1. The van der Waals surface area contributed by atoms with Gasteiger partial charge >= 0.3 is 0 Å². The molecule has 57 heavy (non-hydrogen) atoms. The van der Waals surface area contributed by atoms with Gasteiger partial charge in [-0.15, -0.1) is 0 Å². The fraction of sp³-hybridized carbons (Fsp3) is 0.395. The number of hydrogen-bond donors (Lipinski definition) is 4. The van der Waals surface area contributed by atoms with Crippen LogP contribution in [0.5, 0.6) is 0 Å². The van der Waals surface area contributed by atoms with Crippen molar-refractivity contribution in [3.63, 3.8) is 0 Å². The van der Waals surface area contributed by atoms with Gasteiger partial charge in [0.05, 0.1) is 12.1 Å². The number of aromatic nitrogens is 4. The number of piperidine rings is 2. The highest BCUT2D eigenvalue weighted by atomic mass is 16.2. The Balaban J connectivity index is 0.759. The monoisotopic (exact) mass is 767 g/mol. The summed E-state index contributed by atoms with van der Waals surface area (Å²) < 4.78 is 1.79. The zero-order valence-electron chi connectivity index (χ0n) is 32.8. The Labute approximate surface area is 332 Å². The standard InChI is InChI=1S/C43H49N11O3/c1-26-5-4-6-27(2)38(26)48-39-35-21-44-43(49-40(35)51(3)50-39)46-33-8-7-29-15-18-53(23-30(29)19-33)22-28-13-16-52(17-14-28)25-45-32-9-10-34-31(20-32)24-54(42(34)57)36-11-12-37(55)47-41(36)56/h4-10,19-21,28,36,45H,11-18,22-25H2,1-3H3,(H,48,50)(H,44,46,49)(H,47,55,56). The number of nitrogens with one attached hydrogen (secondary N) is 4. The molecule has 2 saturated heterocycles. The largest absolute Gasteiger partial charge is 0.372 e. The molecule has 1 atom stereocenters. The second-order valence-electron chi connectivity index (χ2n) is 16.1. The number of carbonyl (C=O) groups excluding carboxylic acids is 3.